The van der Waals surface area contributed by atoms with Crippen LogP contribution < -0.4 is 9.47 Å². The number of carbonyl (C=O) groups is 1. The molecule has 0 bridgehead atoms. The molecule has 0 unspecified atom stereocenters. The molecular weight excluding hydrogens is 232 g/mol. The molecule has 0 radical (unpaired) electrons. The number of hydrogen-bond acceptors (Lipinski definition) is 3. The Hall–Kier alpha value is -1.97. The van der Waals surface area contributed by atoms with Gasteiger partial charge in [-0.15, -0.1) is 0 Å². The lowest BCUT2D eigenvalue weighted by atomic mass is 10.0. The van der Waals surface area contributed by atoms with E-state index in [0.717, 1.165) is 29.0 Å². The van der Waals surface area contributed by atoms with Crippen LogP contribution in [0.5, 0.6) is 11.5 Å². The highest BCUT2D eigenvalue weighted by Gasteiger charge is 2.13. The number of carboxylic acid groups (broad SMARTS) is 1. The lowest BCUT2D eigenvalue weighted by Crippen LogP contribution is -2.15. The third kappa shape index (κ3) is 3.03. The molecule has 1 aromatic rings. The molecule has 0 amide bonds. The van der Waals surface area contributed by atoms with Crippen molar-refractivity contribution in [1.82, 2.24) is 0 Å². The summed E-state index contributed by atoms with van der Waals surface area (Å²) in [4.78, 5) is 10.3. The minimum absolute atomic E-state index is 0.578. The fraction of sp³-hybridized carbons (Fsp3) is 0.357. The predicted octanol–water partition coefficient (Wildman–Crippen LogP) is 2.34. The minimum atomic E-state index is -0.908. The van der Waals surface area contributed by atoms with Gasteiger partial charge in [0.2, 0.25) is 0 Å². The average molecular weight is 248 g/mol. The van der Waals surface area contributed by atoms with E-state index in [1.165, 1.54) is 6.08 Å². The van der Waals surface area contributed by atoms with Gasteiger partial charge in [0.05, 0.1) is 0 Å². The number of benzene rings is 1. The second-order valence-corrected chi connectivity index (χ2v) is 4.20. The summed E-state index contributed by atoms with van der Waals surface area (Å²) in [5, 5.41) is 8.50. The van der Waals surface area contributed by atoms with Crippen LogP contribution in [0.1, 0.15) is 17.5 Å². The van der Waals surface area contributed by atoms with Gasteiger partial charge in [0.15, 0.2) is 11.5 Å². The van der Waals surface area contributed by atoms with Crippen LogP contribution in [-0.4, -0.2) is 24.3 Å². The Morgan fingerprint density at radius 2 is 2.00 bits per heavy atom. The molecule has 0 spiro atoms. The average Bonchev–Trinajstić information content (AvgIpc) is 2.34. The standard InChI is InChI=1S/C14H16O4/c1-10-8-12-13(18-7-6-17-12)9-11(10)4-2-3-5-14(15)16/h3,5,8-9H,2,4,6-7H2,1H3,(H,15,16)/b5-3+. The van der Waals surface area contributed by atoms with Gasteiger partial charge in [0.1, 0.15) is 13.2 Å². The highest BCUT2D eigenvalue weighted by molar-refractivity contribution is 5.79. The van der Waals surface area contributed by atoms with E-state index in [9.17, 15) is 4.79 Å². The first kappa shape index (κ1) is 12.5. The smallest absolute Gasteiger partial charge is 0.327 e. The van der Waals surface area contributed by atoms with Crippen LogP contribution in [0.2, 0.25) is 0 Å². The van der Waals surface area contributed by atoms with Gasteiger partial charge in [0, 0.05) is 6.08 Å². The Kier molecular flexibility index (Phi) is 3.87. The summed E-state index contributed by atoms with van der Waals surface area (Å²) in [6.45, 7) is 3.19. The van der Waals surface area contributed by atoms with Crippen molar-refractivity contribution < 1.29 is 19.4 Å². The zero-order valence-electron chi connectivity index (χ0n) is 10.3. The summed E-state index contributed by atoms with van der Waals surface area (Å²) in [5.41, 5.74) is 2.30. The third-order valence-electron chi connectivity index (χ3n) is 2.84. The molecule has 2 rings (SSSR count). The molecular formula is C14H16O4. The molecule has 0 aromatic heterocycles. The Morgan fingerprint density at radius 1 is 1.33 bits per heavy atom. The van der Waals surface area contributed by atoms with Crippen LogP contribution in [0.15, 0.2) is 24.3 Å². The van der Waals surface area contributed by atoms with Crippen LogP contribution in [-0.2, 0) is 11.2 Å². The second kappa shape index (κ2) is 5.58. The molecule has 18 heavy (non-hydrogen) atoms. The van der Waals surface area contributed by atoms with Crippen molar-refractivity contribution in [1.29, 1.82) is 0 Å². The number of carboxylic acids is 1. The van der Waals surface area contributed by atoms with Gasteiger partial charge >= 0.3 is 5.97 Å². The first-order valence-electron chi connectivity index (χ1n) is 5.95. The first-order valence-corrected chi connectivity index (χ1v) is 5.95. The quantitative estimate of drug-likeness (QED) is 0.831. The molecule has 0 saturated carbocycles. The van der Waals surface area contributed by atoms with E-state index in [1.807, 2.05) is 19.1 Å². The van der Waals surface area contributed by atoms with Crippen LogP contribution in [0.4, 0.5) is 0 Å². The van der Waals surface area contributed by atoms with Crippen molar-refractivity contribution >= 4 is 5.97 Å². The number of hydrogen-bond donors (Lipinski definition) is 1. The molecule has 1 heterocycles. The van der Waals surface area contributed by atoms with Crippen molar-refractivity contribution in [2.45, 2.75) is 19.8 Å². The third-order valence-corrected chi connectivity index (χ3v) is 2.84. The number of allylic oxidation sites excluding steroid dienone is 1. The molecule has 0 saturated heterocycles. The molecule has 0 atom stereocenters. The summed E-state index contributed by atoms with van der Waals surface area (Å²) in [5.74, 6) is 0.668. The SMILES string of the molecule is Cc1cc2c(cc1CC/C=C/C(=O)O)OCCO2. The zero-order chi connectivity index (χ0) is 13.0. The van der Waals surface area contributed by atoms with Crippen molar-refractivity contribution in [3.8, 4) is 11.5 Å². The van der Waals surface area contributed by atoms with E-state index in [-0.39, 0.29) is 0 Å². The van der Waals surface area contributed by atoms with Crippen molar-refractivity contribution in [3.05, 3.63) is 35.4 Å². The molecule has 0 aliphatic carbocycles. The van der Waals surface area contributed by atoms with E-state index in [2.05, 4.69) is 0 Å². The number of aryl methyl sites for hydroxylation is 2. The van der Waals surface area contributed by atoms with Gasteiger partial charge in [0.25, 0.3) is 0 Å². The van der Waals surface area contributed by atoms with Crippen LogP contribution in [0.3, 0.4) is 0 Å². The van der Waals surface area contributed by atoms with Gasteiger partial charge in [-0.2, -0.15) is 0 Å². The minimum Gasteiger partial charge on any atom is -0.486 e. The van der Waals surface area contributed by atoms with Crippen molar-refractivity contribution in [2.24, 2.45) is 0 Å². The Labute approximate surface area is 106 Å². The van der Waals surface area contributed by atoms with Gasteiger partial charge in [-0.05, 0) is 43.0 Å². The Bertz CT molecular complexity index is 477. The van der Waals surface area contributed by atoms with E-state index in [0.29, 0.717) is 19.6 Å². The molecule has 0 fully saturated rings. The maximum absolute atomic E-state index is 10.3. The molecule has 4 nitrogen and oxygen atoms in total. The zero-order valence-corrected chi connectivity index (χ0v) is 10.3. The van der Waals surface area contributed by atoms with Gasteiger partial charge in [-0.1, -0.05) is 6.08 Å². The summed E-state index contributed by atoms with van der Waals surface area (Å²) < 4.78 is 11.0. The second-order valence-electron chi connectivity index (χ2n) is 4.20. The Balaban J connectivity index is 2.06. The fourth-order valence-corrected chi connectivity index (χ4v) is 1.92. The van der Waals surface area contributed by atoms with Crippen molar-refractivity contribution in [3.63, 3.8) is 0 Å². The van der Waals surface area contributed by atoms with Gasteiger partial charge in [-0.25, -0.2) is 4.79 Å². The van der Waals surface area contributed by atoms with Crippen molar-refractivity contribution in [2.75, 3.05) is 13.2 Å². The topological polar surface area (TPSA) is 55.8 Å². The van der Waals surface area contributed by atoms with E-state index in [1.54, 1.807) is 6.08 Å². The molecule has 96 valence electrons. The van der Waals surface area contributed by atoms with E-state index >= 15 is 0 Å². The predicted molar refractivity (Wildman–Crippen MR) is 67.3 cm³/mol. The highest BCUT2D eigenvalue weighted by atomic mass is 16.6. The highest BCUT2D eigenvalue weighted by Crippen LogP contribution is 2.33. The molecule has 1 N–H and O–H groups in total. The normalized spacial score (nSPS) is 13.8. The van der Waals surface area contributed by atoms with E-state index in [4.69, 9.17) is 14.6 Å². The van der Waals surface area contributed by atoms with Crippen LogP contribution in [0.25, 0.3) is 0 Å². The summed E-state index contributed by atoms with van der Waals surface area (Å²) in [6.07, 6.45) is 4.34. The molecule has 1 aromatic carbocycles. The maximum atomic E-state index is 10.3. The monoisotopic (exact) mass is 248 g/mol. The largest absolute Gasteiger partial charge is 0.486 e. The Morgan fingerprint density at radius 3 is 2.67 bits per heavy atom. The molecule has 1 aliphatic rings. The maximum Gasteiger partial charge on any atom is 0.327 e. The number of fused-ring (bicyclic) bond motifs is 1. The van der Waals surface area contributed by atoms with Crippen LogP contribution in [0, 0.1) is 6.92 Å². The van der Waals surface area contributed by atoms with Gasteiger partial charge < -0.3 is 14.6 Å². The first-order chi connectivity index (χ1) is 8.66. The number of ether oxygens (including phenoxy) is 2. The molecule has 4 heteroatoms. The fourth-order valence-electron chi connectivity index (χ4n) is 1.92. The molecule has 1 aliphatic heterocycles. The number of aliphatic carboxylic acids is 1. The van der Waals surface area contributed by atoms with Crippen LogP contribution >= 0.6 is 0 Å². The van der Waals surface area contributed by atoms with Gasteiger partial charge in [-0.3, -0.25) is 0 Å². The van der Waals surface area contributed by atoms with E-state index < -0.39 is 5.97 Å². The lowest BCUT2D eigenvalue weighted by molar-refractivity contribution is -0.131. The summed E-state index contributed by atoms with van der Waals surface area (Å²) in [7, 11) is 0. The summed E-state index contributed by atoms with van der Waals surface area (Å²) in [6, 6.07) is 3.96. The lowest BCUT2D eigenvalue weighted by Gasteiger charge is -2.20. The number of rotatable bonds is 4. The summed E-state index contributed by atoms with van der Waals surface area (Å²) >= 11 is 0.